The highest BCUT2D eigenvalue weighted by atomic mass is 32.2. The molecule has 0 amide bonds. The number of anilines is 1. The molecule has 0 radical (unpaired) electrons. The third kappa shape index (κ3) is 7.97. The zero-order chi connectivity index (χ0) is 25.7. The molecule has 2 aromatic carbocycles. The predicted octanol–water partition coefficient (Wildman–Crippen LogP) is 10.4. The van der Waals surface area contributed by atoms with Gasteiger partial charge in [0.15, 0.2) is 6.54 Å². The van der Waals surface area contributed by atoms with E-state index in [1.807, 2.05) is 23.1 Å². The lowest BCUT2D eigenvalue weighted by Crippen LogP contribution is -2.34. The van der Waals surface area contributed by atoms with Crippen LogP contribution in [0.2, 0.25) is 0 Å². The molecule has 4 heteroatoms. The monoisotopic (exact) mass is 533 g/mol. The highest BCUT2D eigenvalue weighted by Crippen LogP contribution is 2.45. The topological polar surface area (TPSA) is 7.12 Å². The largest absolute Gasteiger partial charge is 0.335 e. The van der Waals surface area contributed by atoms with Crippen LogP contribution in [0, 0.1) is 0 Å². The van der Waals surface area contributed by atoms with Crippen LogP contribution in [0.4, 0.5) is 5.69 Å². The van der Waals surface area contributed by atoms with Crippen molar-refractivity contribution in [2.75, 3.05) is 11.4 Å². The summed E-state index contributed by atoms with van der Waals surface area (Å²) < 4.78 is 3.92. The minimum absolute atomic E-state index is 1.11. The molecule has 3 aromatic rings. The lowest BCUT2D eigenvalue weighted by molar-refractivity contribution is -0.669. The van der Waals surface area contributed by atoms with E-state index in [2.05, 4.69) is 90.1 Å². The van der Waals surface area contributed by atoms with Crippen molar-refractivity contribution < 1.29 is 4.57 Å². The van der Waals surface area contributed by atoms with Crippen LogP contribution in [-0.2, 0) is 6.54 Å². The Bertz CT molecular complexity index is 1160. The van der Waals surface area contributed by atoms with E-state index in [9.17, 15) is 0 Å². The van der Waals surface area contributed by atoms with E-state index in [-0.39, 0.29) is 0 Å². The molecule has 4 rings (SSSR count). The Labute approximate surface area is 233 Å². The molecular formula is C33H45N2S2+. The smallest absolute Gasteiger partial charge is 0.262 e. The zero-order valence-corrected chi connectivity index (χ0v) is 24.6. The van der Waals surface area contributed by atoms with Crippen LogP contribution in [0.15, 0.2) is 70.6 Å². The average molecular weight is 534 g/mol. The molecule has 0 spiro atoms. The van der Waals surface area contributed by atoms with Crippen LogP contribution < -0.4 is 9.47 Å². The van der Waals surface area contributed by atoms with Gasteiger partial charge in [0.05, 0.1) is 10.7 Å². The Morgan fingerprint density at radius 2 is 1.43 bits per heavy atom. The number of rotatable bonds is 16. The Morgan fingerprint density at radius 3 is 2.24 bits per heavy atom. The fourth-order valence-corrected chi connectivity index (χ4v) is 7.33. The Kier molecular flexibility index (Phi) is 11.6. The highest BCUT2D eigenvalue weighted by Gasteiger charge is 2.24. The van der Waals surface area contributed by atoms with E-state index in [1.165, 1.54) is 108 Å². The first-order chi connectivity index (χ1) is 18.3. The summed E-state index contributed by atoms with van der Waals surface area (Å²) in [6.07, 6.45) is 23.0. The average Bonchev–Trinajstić information content (AvgIpc) is 3.45. The minimum Gasteiger partial charge on any atom is -0.335 e. The summed E-state index contributed by atoms with van der Waals surface area (Å²) in [6.45, 7) is 6.79. The van der Waals surface area contributed by atoms with Crippen LogP contribution in [0.5, 0.6) is 0 Å². The molecule has 0 saturated heterocycles. The Hall–Kier alpha value is -2.04. The van der Waals surface area contributed by atoms with Gasteiger partial charge in [0.1, 0.15) is 4.70 Å². The number of aryl methyl sites for hydroxylation is 1. The van der Waals surface area contributed by atoms with Crippen molar-refractivity contribution in [1.29, 1.82) is 0 Å². The number of hydrogen-bond donors (Lipinski definition) is 0. The van der Waals surface area contributed by atoms with E-state index in [1.54, 1.807) is 0 Å². The van der Waals surface area contributed by atoms with Crippen molar-refractivity contribution in [2.45, 2.75) is 102 Å². The lowest BCUT2D eigenvalue weighted by Gasteiger charge is -2.20. The van der Waals surface area contributed by atoms with Gasteiger partial charge in [-0.2, -0.15) is 4.57 Å². The van der Waals surface area contributed by atoms with E-state index in [0.717, 1.165) is 13.1 Å². The molecule has 0 unspecified atom stereocenters. The number of benzene rings is 2. The molecule has 2 nitrogen and oxygen atoms in total. The number of allylic oxidation sites excluding steroid dienone is 2. The van der Waals surface area contributed by atoms with Gasteiger partial charge in [-0.3, -0.25) is 0 Å². The molecular weight excluding hydrogens is 489 g/mol. The summed E-state index contributed by atoms with van der Waals surface area (Å²) in [6, 6.07) is 17.8. The van der Waals surface area contributed by atoms with Crippen LogP contribution in [0.3, 0.4) is 0 Å². The van der Waals surface area contributed by atoms with Crippen LogP contribution in [-0.4, -0.2) is 6.54 Å². The number of nitrogens with zero attached hydrogens (tertiary/aromatic N) is 2. The number of para-hydroxylation sites is 2. The number of aromatic nitrogens is 1. The van der Waals surface area contributed by atoms with Gasteiger partial charge in [-0.1, -0.05) is 125 Å². The summed E-state index contributed by atoms with van der Waals surface area (Å²) in [7, 11) is 0. The standard InChI is InChI=1S/C33H45N2S2/c1-3-5-7-9-11-17-26-34-28-20-13-15-22-30(28)36-32(34)24-19-25-33-35(27-18-12-10-8-6-4-2)29-21-14-16-23-31(29)37-33/h13-16,19-25H,3-12,17-18,26-27H2,1-2H3/q+1. The summed E-state index contributed by atoms with van der Waals surface area (Å²) in [4.78, 5) is 3.92. The maximum Gasteiger partial charge on any atom is 0.262 e. The third-order valence-electron chi connectivity index (χ3n) is 7.22. The van der Waals surface area contributed by atoms with Gasteiger partial charge in [-0.15, -0.1) is 0 Å². The highest BCUT2D eigenvalue weighted by molar-refractivity contribution is 8.03. The van der Waals surface area contributed by atoms with Gasteiger partial charge >= 0.3 is 0 Å². The zero-order valence-electron chi connectivity index (χ0n) is 23.0. The van der Waals surface area contributed by atoms with E-state index in [4.69, 9.17) is 0 Å². The normalized spacial score (nSPS) is 14.4. The number of unbranched alkanes of at least 4 members (excludes halogenated alkanes) is 10. The van der Waals surface area contributed by atoms with Crippen molar-refractivity contribution >= 4 is 45.1 Å². The number of thioether (sulfide) groups is 1. The second-order valence-corrected chi connectivity index (χ2v) is 12.3. The number of hydrogen-bond acceptors (Lipinski definition) is 3. The molecule has 1 aliphatic heterocycles. The van der Waals surface area contributed by atoms with Crippen LogP contribution in [0.25, 0.3) is 16.3 Å². The van der Waals surface area contributed by atoms with E-state index >= 15 is 0 Å². The Balaban J connectivity index is 1.44. The fourth-order valence-electron chi connectivity index (χ4n) is 5.13. The summed E-state index contributed by atoms with van der Waals surface area (Å²) in [5.74, 6) is 0. The maximum absolute atomic E-state index is 2.54. The molecule has 0 fully saturated rings. The summed E-state index contributed by atoms with van der Waals surface area (Å²) >= 11 is 3.83. The van der Waals surface area contributed by atoms with Crippen molar-refractivity contribution in [2.24, 2.45) is 0 Å². The summed E-state index contributed by atoms with van der Waals surface area (Å²) in [5.41, 5.74) is 2.75. The molecule has 198 valence electrons. The predicted molar refractivity (Wildman–Crippen MR) is 166 cm³/mol. The SMILES string of the molecule is CCCCCCCCN1C(=CC=Cc2sc3ccccc3[n+]2CCCCCCCC)Sc2ccccc21. The molecule has 0 bridgehead atoms. The van der Waals surface area contributed by atoms with E-state index in [0.29, 0.717) is 0 Å². The quantitative estimate of drug-likeness (QED) is 0.133. The van der Waals surface area contributed by atoms with Crippen LogP contribution in [0.1, 0.15) is 95.9 Å². The third-order valence-corrected chi connectivity index (χ3v) is 9.48. The molecule has 1 aromatic heterocycles. The van der Waals surface area contributed by atoms with E-state index < -0.39 is 0 Å². The van der Waals surface area contributed by atoms with Crippen LogP contribution >= 0.6 is 23.1 Å². The molecule has 0 aliphatic carbocycles. The number of thiazole rings is 1. The second kappa shape index (κ2) is 15.4. The molecule has 37 heavy (non-hydrogen) atoms. The molecule has 2 heterocycles. The maximum atomic E-state index is 2.54. The molecule has 1 aliphatic rings. The molecule has 0 N–H and O–H groups in total. The Morgan fingerprint density at radius 1 is 0.757 bits per heavy atom. The van der Waals surface area contributed by atoms with Gasteiger partial charge in [0, 0.05) is 30.0 Å². The van der Waals surface area contributed by atoms with Gasteiger partial charge in [0.25, 0.3) is 5.01 Å². The molecule has 0 atom stereocenters. The first kappa shape index (κ1) is 28.0. The molecule has 0 saturated carbocycles. The summed E-state index contributed by atoms with van der Waals surface area (Å²) in [5, 5.41) is 2.71. The van der Waals surface area contributed by atoms with Gasteiger partial charge in [-0.25, -0.2) is 0 Å². The van der Waals surface area contributed by atoms with Crippen molar-refractivity contribution in [3.05, 3.63) is 70.7 Å². The fraction of sp³-hybridized carbons (Fsp3) is 0.485. The number of fused-ring (bicyclic) bond motifs is 2. The second-order valence-electron chi connectivity index (χ2n) is 10.2. The van der Waals surface area contributed by atoms with Gasteiger partial charge in [0.2, 0.25) is 5.52 Å². The first-order valence-electron chi connectivity index (χ1n) is 14.7. The minimum atomic E-state index is 1.11. The van der Waals surface area contributed by atoms with Gasteiger partial charge in [-0.05, 0) is 37.1 Å². The van der Waals surface area contributed by atoms with Crippen molar-refractivity contribution in [1.82, 2.24) is 0 Å². The van der Waals surface area contributed by atoms with Crippen molar-refractivity contribution in [3.8, 4) is 0 Å². The first-order valence-corrected chi connectivity index (χ1v) is 16.3. The van der Waals surface area contributed by atoms with Crippen molar-refractivity contribution in [3.63, 3.8) is 0 Å². The lowest BCUT2D eigenvalue weighted by atomic mass is 10.1. The van der Waals surface area contributed by atoms with Gasteiger partial charge < -0.3 is 4.90 Å².